The van der Waals surface area contributed by atoms with Gasteiger partial charge in [-0.2, -0.15) is 0 Å². The van der Waals surface area contributed by atoms with Gasteiger partial charge in [-0.3, -0.25) is 0 Å². The monoisotopic (exact) mass is 247 g/mol. The summed E-state index contributed by atoms with van der Waals surface area (Å²) in [4.78, 5) is 0. The molecule has 2 rings (SSSR count). The fourth-order valence-electron chi connectivity index (χ4n) is 1.52. The van der Waals surface area contributed by atoms with Crippen molar-refractivity contribution in [2.45, 2.75) is 32.9 Å². The van der Waals surface area contributed by atoms with Crippen LogP contribution in [-0.4, -0.2) is 10.2 Å². The first-order valence-corrected chi connectivity index (χ1v) is 5.98. The van der Waals surface area contributed by atoms with Gasteiger partial charge in [0.05, 0.1) is 0 Å². The fourth-order valence-corrected chi connectivity index (χ4v) is 1.52. The van der Waals surface area contributed by atoms with Crippen LogP contribution in [0.4, 0.5) is 0 Å². The maximum Gasteiger partial charge on any atom is 0.253 e. The largest absolute Gasteiger partial charge is 0.484 e. The van der Waals surface area contributed by atoms with Crippen molar-refractivity contribution in [2.24, 2.45) is 5.73 Å². The minimum absolute atomic E-state index is 0.0105. The van der Waals surface area contributed by atoms with E-state index in [1.807, 2.05) is 38.1 Å². The van der Waals surface area contributed by atoms with Crippen molar-refractivity contribution < 1.29 is 9.15 Å². The third kappa shape index (κ3) is 3.07. The number of aromatic nitrogens is 2. The van der Waals surface area contributed by atoms with Crippen molar-refractivity contribution >= 4 is 0 Å². The van der Waals surface area contributed by atoms with Crippen LogP contribution >= 0.6 is 0 Å². The Bertz CT molecular complexity index is 508. The summed E-state index contributed by atoms with van der Waals surface area (Å²) in [5.74, 6) is 1.86. The fraction of sp³-hybridized carbons (Fsp3) is 0.385. The van der Waals surface area contributed by atoms with E-state index < -0.39 is 0 Å². The highest BCUT2D eigenvalue weighted by Gasteiger charge is 2.06. The second kappa shape index (κ2) is 5.64. The minimum Gasteiger partial charge on any atom is -0.484 e. The van der Waals surface area contributed by atoms with Crippen molar-refractivity contribution in [2.75, 3.05) is 0 Å². The van der Waals surface area contributed by atoms with Crippen LogP contribution in [0.15, 0.2) is 28.7 Å². The topological polar surface area (TPSA) is 74.2 Å². The first-order valence-electron chi connectivity index (χ1n) is 5.98. The molecular formula is C13H17N3O2. The molecule has 0 fully saturated rings. The lowest BCUT2D eigenvalue weighted by Crippen LogP contribution is -2.05. The summed E-state index contributed by atoms with van der Waals surface area (Å²) in [6, 6.07) is 7.67. The first kappa shape index (κ1) is 12.6. The Morgan fingerprint density at radius 3 is 2.78 bits per heavy atom. The van der Waals surface area contributed by atoms with E-state index >= 15 is 0 Å². The molecule has 0 saturated heterocycles. The predicted molar refractivity (Wildman–Crippen MR) is 67.1 cm³/mol. The normalized spacial score (nSPS) is 12.4. The molecule has 1 atom stereocenters. The Labute approximate surface area is 106 Å². The highest BCUT2D eigenvalue weighted by atomic mass is 16.5. The third-order valence-electron chi connectivity index (χ3n) is 2.56. The highest BCUT2D eigenvalue weighted by molar-refractivity contribution is 5.30. The molecule has 1 heterocycles. The van der Waals surface area contributed by atoms with E-state index in [0.717, 1.165) is 17.7 Å². The summed E-state index contributed by atoms with van der Waals surface area (Å²) in [5, 5.41) is 7.77. The van der Waals surface area contributed by atoms with Crippen LogP contribution < -0.4 is 10.5 Å². The summed E-state index contributed by atoms with van der Waals surface area (Å²) in [5.41, 5.74) is 6.85. The molecule has 0 aliphatic carbocycles. The Morgan fingerprint density at radius 2 is 2.11 bits per heavy atom. The molecule has 18 heavy (non-hydrogen) atoms. The lowest BCUT2D eigenvalue weighted by Gasteiger charge is -2.08. The second-order valence-electron chi connectivity index (χ2n) is 4.09. The van der Waals surface area contributed by atoms with E-state index in [4.69, 9.17) is 14.9 Å². The number of benzene rings is 1. The van der Waals surface area contributed by atoms with Gasteiger partial charge in [-0.05, 0) is 24.6 Å². The highest BCUT2D eigenvalue weighted by Crippen LogP contribution is 2.18. The SMILES string of the molecule is CCc1nnc(COc2cccc([C@H](C)N)c2)o1. The quantitative estimate of drug-likeness (QED) is 0.877. The third-order valence-corrected chi connectivity index (χ3v) is 2.56. The zero-order valence-corrected chi connectivity index (χ0v) is 10.6. The number of aryl methyl sites for hydroxylation is 1. The van der Waals surface area contributed by atoms with Crippen LogP contribution in [0.25, 0.3) is 0 Å². The van der Waals surface area contributed by atoms with Crippen molar-refractivity contribution in [1.82, 2.24) is 10.2 Å². The van der Waals surface area contributed by atoms with Crippen LogP contribution in [0.1, 0.15) is 37.2 Å². The van der Waals surface area contributed by atoms with E-state index in [1.54, 1.807) is 0 Å². The Hall–Kier alpha value is -1.88. The molecule has 0 saturated carbocycles. The predicted octanol–water partition coefficient (Wildman–Crippen LogP) is 2.23. The summed E-state index contributed by atoms with van der Waals surface area (Å²) < 4.78 is 10.9. The van der Waals surface area contributed by atoms with Gasteiger partial charge in [0.15, 0.2) is 6.61 Å². The molecular weight excluding hydrogens is 230 g/mol. The van der Waals surface area contributed by atoms with E-state index in [2.05, 4.69) is 10.2 Å². The number of hydrogen-bond acceptors (Lipinski definition) is 5. The molecule has 1 aromatic heterocycles. The van der Waals surface area contributed by atoms with Gasteiger partial charge in [0.1, 0.15) is 5.75 Å². The number of nitrogens with zero attached hydrogens (tertiary/aromatic N) is 2. The average molecular weight is 247 g/mol. The molecule has 0 spiro atoms. The minimum atomic E-state index is -0.0105. The van der Waals surface area contributed by atoms with E-state index in [9.17, 15) is 0 Å². The summed E-state index contributed by atoms with van der Waals surface area (Å²) >= 11 is 0. The Morgan fingerprint density at radius 1 is 1.33 bits per heavy atom. The first-order chi connectivity index (χ1) is 8.69. The molecule has 0 aliphatic heterocycles. The van der Waals surface area contributed by atoms with E-state index in [-0.39, 0.29) is 12.6 Å². The van der Waals surface area contributed by atoms with Crippen molar-refractivity contribution in [3.63, 3.8) is 0 Å². The second-order valence-corrected chi connectivity index (χ2v) is 4.09. The van der Waals surface area contributed by atoms with Gasteiger partial charge in [-0.25, -0.2) is 0 Å². The lowest BCUT2D eigenvalue weighted by molar-refractivity contribution is 0.259. The molecule has 0 bridgehead atoms. The Balaban J connectivity index is 1.99. The molecule has 5 nitrogen and oxygen atoms in total. The van der Waals surface area contributed by atoms with Crippen LogP contribution in [0.3, 0.4) is 0 Å². The van der Waals surface area contributed by atoms with Gasteiger partial charge in [0.2, 0.25) is 5.89 Å². The summed E-state index contributed by atoms with van der Waals surface area (Å²) in [6.07, 6.45) is 0.729. The lowest BCUT2D eigenvalue weighted by atomic mass is 10.1. The molecule has 96 valence electrons. The summed E-state index contributed by atoms with van der Waals surface area (Å²) in [6.45, 7) is 4.17. The molecule has 0 aliphatic rings. The van der Waals surface area contributed by atoms with Crippen molar-refractivity contribution in [1.29, 1.82) is 0 Å². The maximum atomic E-state index is 5.81. The van der Waals surface area contributed by atoms with Gasteiger partial charge in [0, 0.05) is 12.5 Å². The number of rotatable bonds is 5. The van der Waals surface area contributed by atoms with Crippen molar-refractivity contribution in [3.8, 4) is 5.75 Å². The average Bonchev–Trinajstić information content (AvgIpc) is 2.84. The van der Waals surface area contributed by atoms with Gasteiger partial charge in [0.25, 0.3) is 5.89 Å². The molecule has 0 radical (unpaired) electrons. The van der Waals surface area contributed by atoms with Gasteiger partial charge >= 0.3 is 0 Å². The number of hydrogen-bond donors (Lipinski definition) is 1. The van der Waals surface area contributed by atoms with Gasteiger partial charge in [-0.1, -0.05) is 19.1 Å². The Kier molecular flexibility index (Phi) is 3.94. The van der Waals surface area contributed by atoms with E-state index in [0.29, 0.717) is 11.8 Å². The van der Waals surface area contributed by atoms with Gasteiger partial charge < -0.3 is 14.9 Å². The number of nitrogens with two attached hydrogens (primary N) is 1. The number of ether oxygens (including phenoxy) is 1. The molecule has 2 aromatic rings. The van der Waals surface area contributed by atoms with Crippen molar-refractivity contribution in [3.05, 3.63) is 41.6 Å². The van der Waals surface area contributed by atoms with Crippen LogP contribution in [0.2, 0.25) is 0 Å². The molecule has 0 amide bonds. The zero-order chi connectivity index (χ0) is 13.0. The molecule has 0 unspecified atom stereocenters. The molecule has 2 N–H and O–H groups in total. The maximum absolute atomic E-state index is 5.81. The zero-order valence-electron chi connectivity index (χ0n) is 10.6. The van der Waals surface area contributed by atoms with Crippen LogP contribution in [-0.2, 0) is 13.0 Å². The van der Waals surface area contributed by atoms with Crippen LogP contribution in [0, 0.1) is 0 Å². The van der Waals surface area contributed by atoms with Gasteiger partial charge in [-0.15, -0.1) is 10.2 Å². The standard InChI is InChI=1S/C13H17N3O2/c1-3-12-15-16-13(18-12)8-17-11-6-4-5-10(7-11)9(2)14/h4-7,9H,3,8,14H2,1-2H3/t9-/m0/s1. The molecule has 1 aromatic carbocycles. The summed E-state index contributed by atoms with van der Waals surface area (Å²) in [7, 11) is 0. The smallest absolute Gasteiger partial charge is 0.253 e. The molecule has 5 heteroatoms. The van der Waals surface area contributed by atoms with Crippen LogP contribution in [0.5, 0.6) is 5.75 Å². The van der Waals surface area contributed by atoms with E-state index in [1.165, 1.54) is 0 Å².